The lowest BCUT2D eigenvalue weighted by atomic mass is 9.99. The third kappa shape index (κ3) is 4.36. The first kappa shape index (κ1) is 17.7. The molecule has 2 aromatic rings. The number of ether oxygens (including phenoxy) is 1. The van der Waals surface area contributed by atoms with Crippen LogP contribution in [0.15, 0.2) is 42.7 Å². The fraction of sp³-hybridized carbons (Fsp3) is 0.450. The van der Waals surface area contributed by atoms with Crippen LogP contribution >= 0.6 is 0 Å². The zero-order valence-electron chi connectivity index (χ0n) is 15.4. The van der Waals surface area contributed by atoms with Gasteiger partial charge in [0.25, 0.3) is 0 Å². The quantitative estimate of drug-likeness (QED) is 0.893. The van der Waals surface area contributed by atoms with Gasteiger partial charge in [-0.1, -0.05) is 6.07 Å². The average molecular weight is 367 g/mol. The van der Waals surface area contributed by atoms with Gasteiger partial charge in [-0.3, -0.25) is 4.79 Å². The second kappa shape index (κ2) is 8.35. The number of nitrogens with one attached hydrogen (secondary N) is 1. The van der Waals surface area contributed by atoms with Crippen LogP contribution in [0.2, 0.25) is 0 Å². The van der Waals surface area contributed by atoms with Crippen LogP contribution in [-0.2, 0) is 9.53 Å². The maximum absolute atomic E-state index is 12.3. The molecule has 2 saturated heterocycles. The fourth-order valence-electron chi connectivity index (χ4n) is 3.56. The standard InChI is InChI=1S/C20H25N5O2/c26-20(16-6-13-27-14-7-16)23-17-4-5-19(22-15-17)25-11-9-24(10-12-25)18-3-1-2-8-21-18/h1-5,8,15-16H,6-7,9-14H2,(H,23,26). The maximum Gasteiger partial charge on any atom is 0.227 e. The van der Waals surface area contributed by atoms with Crippen LogP contribution in [0.5, 0.6) is 0 Å². The fourth-order valence-corrected chi connectivity index (χ4v) is 3.56. The third-order valence-corrected chi connectivity index (χ3v) is 5.18. The van der Waals surface area contributed by atoms with Crippen molar-refractivity contribution in [3.63, 3.8) is 0 Å². The van der Waals surface area contributed by atoms with Crippen molar-refractivity contribution in [2.45, 2.75) is 12.8 Å². The molecule has 1 N–H and O–H groups in total. The SMILES string of the molecule is O=C(Nc1ccc(N2CCN(c3ccccn3)CC2)nc1)C1CCOCC1. The second-order valence-corrected chi connectivity index (χ2v) is 6.94. The van der Waals surface area contributed by atoms with Crippen LogP contribution < -0.4 is 15.1 Å². The van der Waals surface area contributed by atoms with Crippen LogP contribution in [0.4, 0.5) is 17.3 Å². The molecular weight excluding hydrogens is 342 g/mol. The average Bonchev–Trinajstić information content (AvgIpc) is 2.76. The zero-order chi connectivity index (χ0) is 18.5. The lowest BCUT2D eigenvalue weighted by Gasteiger charge is -2.36. The zero-order valence-corrected chi connectivity index (χ0v) is 15.4. The van der Waals surface area contributed by atoms with E-state index in [0.717, 1.165) is 56.3 Å². The smallest absolute Gasteiger partial charge is 0.227 e. The molecule has 2 aromatic heterocycles. The van der Waals surface area contributed by atoms with E-state index < -0.39 is 0 Å². The van der Waals surface area contributed by atoms with E-state index in [2.05, 4.69) is 25.1 Å². The van der Waals surface area contributed by atoms with Crippen LogP contribution in [0.1, 0.15) is 12.8 Å². The van der Waals surface area contributed by atoms with E-state index in [4.69, 9.17) is 4.74 Å². The van der Waals surface area contributed by atoms with Crippen LogP contribution in [0.25, 0.3) is 0 Å². The Labute approximate surface area is 159 Å². The van der Waals surface area contributed by atoms with Gasteiger partial charge >= 0.3 is 0 Å². The predicted molar refractivity (Wildman–Crippen MR) is 105 cm³/mol. The molecular formula is C20H25N5O2. The Morgan fingerprint density at radius 3 is 2.26 bits per heavy atom. The van der Waals surface area contributed by atoms with Crippen LogP contribution in [-0.4, -0.2) is 55.3 Å². The first-order chi connectivity index (χ1) is 13.3. The molecule has 2 fully saturated rings. The molecule has 0 saturated carbocycles. The minimum Gasteiger partial charge on any atom is -0.381 e. The number of pyridine rings is 2. The Morgan fingerprint density at radius 2 is 1.67 bits per heavy atom. The molecule has 4 rings (SSSR count). The number of nitrogens with zero attached hydrogens (tertiary/aromatic N) is 4. The molecule has 0 atom stereocenters. The maximum atomic E-state index is 12.3. The Kier molecular flexibility index (Phi) is 5.48. The number of carbonyl (C=O) groups excluding carboxylic acids is 1. The summed E-state index contributed by atoms with van der Waals surface area (Å²) in [5.41, 5.74) is 0.752. The number of rotatable bonds is 4. The molecule has 4 heterocycles. The van der Waals surface area contributed by atoms with E-state index in [1.54, 1.807) is 6.20 Å². The van der Waals surface area contributed by atoms with Crippen molar-refractivity contribution in [1.82, 2.24) is 9.97 Å². The van der Waals surface area contributed by atoms with E-state index in [-0.39, 0.29) is 11.8 Å². The van der Waals surface area contributed by atoms with Crippen molar-refractivity contribution in [2.24, 2.45) is 5.92 Å². The molecule has 7 heteroatoms. The highest BCUT2D eigenvalue weighted by Crippen LogP contribution is 2.20. The summed E-state index contributed by atoms with van der Waals surface area (Å²) in [7, 11) is 0. The summed E-state index contributed by atoms with van der Waals surface area (Å²) >= 11 is 0. The van der Waals surface area contributed by atoms with Crippen LogP contribution in [0, 0.1) is 5.92 Å². The molecule has 1 amide bonds. The molecule has 0 radical (unpaired) electrons. The molecule has 27 heavy (non-hydrogen) atoms. The first-order valence-corrected chi connectivity index (χ1v) is 9.55. The largest absolute Gasteiger partial charge is 0.381 e. The van der Waals surface area contributed by atoms with Crippen molar-refractivity contribution < 1.29 is 9.53 Å². The summed E-state index contributed by atoms with van der Waals surface area (Å²) in [6.07, 6.45) is 5.16. The van der Waals surface area contributed by atoms with Crippen molar-refractivity contribution in [2.75, 3.05) is 54.5 Å². The van der Waals surface area contributed by atoms with Crippen molar-refractivity contribution in [3.8, 4) is 0 Å². The van der Waals surface area contributed by atoms with Gasteiger partial charge in [-0.25, -0.2) is 9.97 Å². The monoisotopic (exact) mass is 367 g/mol. The molecule has 7 nitrogen and oxygen atoms in total. The van der Waals surface area contributed by atoms with E-state index in [1.807, 2.05) is 36.5 Å². The number of amides is 1. The molecule has 0 spiro atoms. The number of hydrogen-bond donors (Lipinski definition) is 1. The lowest BCUT2D eigenvalue weighted by Crippen LogP contribution is -2.47. The molecule has 0 aromatic carbocycles. The lowest BCUT2D eigenvalue weighted by molar-refractivity contribution is -0.122. The van der Waals surface area contributed by atoms with E-state index >= 15 is 0 Å². The van der Waals surface area contributed by atoms with Gasteiger partial charge in [0.2, 0.25) is 5.91 Å². The Morgan fingerprint density at radius 1 is 0.963 bits per heavy atom. The first-order valence-electron chi connectivity index (χ1n) is 9.55. The molecule has 0 aliphatic carbocycles. The van der Waals surface area contributed by atoms with Gasteiger partial charge in [-0.05, 0) is 37.1 Å². The highest BCUT2D eigenvalue weighted by atomic mass is 16.5. The van der Waals surface area contributed by atoms with Crippen molar-refractivity contribution in [3.05, 3.63) is 42.7 Å². The number of carbonyl (C=O) groups is 1. The van der Waals surface area contributed by atoms with Crippen molar-refractivity contribution in [1.29, 1.82) is 0 Å². The topological polar surface area (TPSA) is 70.6 Å². The number of hydrogen-bond acceptors (Lipinski definition) is 6. The Bertz CT molecular complexity index is 739. The van der Waals surface area contributed by atoms with Gasteiger partial charge in [-0.15, -0.1) is 0 Å². The van der Waals surface area contributed by atoms with Gasteiger partial charge < -0.3 is 19.9 Å². The summed E-state index contributed by atoms with van der Waals surface area (Å²) in [5.74, 6) is 2.07. The summed E-state index contributed by atoms with van der Waals surface area (Å²) < 4.78 is 5.31. The third-order valence-electron chi connectivity index (χ3n) is 5.18. The van der Waals surface area contributed by atoms with E-state index in [9.17, 15) is 4.79 Å². The summed E-state index contributed by atoms with van der Waals surface area (Å²) in [6, 6.07) is 9.92. The second-order valence-electron chi connectivity index (χ2n) is 6.94. The molecule has 2 aliphatic heterocycles. The summed E-state index contributed by atoms with van der Waals surface area (Å²) in [4.78, 5) is 25.8. The highest BCUT2D eigenvalue weighted by Gasteiger charge is 2.22. The molecule has 2 aliphatic rings. The summed E-state index contributed by atoms with van der Waals surface area (Å²) in [5, 5.41) is 2.98. The van der Waals surface area contributed by atoms with Gasteiger partial charge in [0.15, 0.2) is 0 Å². The van der Waals surface area contributed by atoms with E-state index in [0.29, 0.717) is 13.2 Å². The number of aromatic nitrogens is 2. The molecule has 0 bridgehead atoms. The Hall–Kier alpha value is -2.67. The predicted octanol–water partition coefficient (Wildman–Crippen LogP) is 2.17. The van der Waals surface area contributed by atoms with Crippen molar-refractivity contribution >= 4 is 23.2 Å². The van der Waals surface area contributed by atoms with Gasteiger partial charge in [0, 0.05) is 51.5 Å². The Balaban J connectivity index is 1.31. The number of piperazine rings is 1. The van der Waals surface area contributed by atoms with E-state index in [1.165, 1.54) is 0 Å². The summed E-state index contributed by atoms with van der Waals surface area (Å²) in [6.45, 7) is 4.97. The van der Waals surface area contributed by atoms with Gasteiger partial charge in [0.05, 0.1) is 11.9 Å². The normalized spacial score (nSPS) is 18.4. The molecule has 142 valence electrons. The molecule has 0 unspecified atom stereocenters. The number of anilines is 3. The van der Waals surface area contributed by atoms with Gasteiger partial charge in [-0.2, -0.15) is 0 Å². The van der Waals surface area contributed by atoms with Gasteiger partial charge in [0.1, 0.15) is 11.6 Å². The minimum atomic E-state index is 0.0399. The highest BCUT2D eigenvalue weighted by molar-refractivity contribution is 5.92. The van der Waals surface area contributed by atoms with Crippen LogP contribution in [0.3, 0.4) is 0 Å². The minimum absolute atomic E-state index is 0.0399.